The predicted octanol–water partition coefficient (Wildman–Crippen LogP) is 7.11. The number of amides is 4. The maximum atomic E-state index is 13.9. The average Bonchev–Trinajstić information content (AvgIpc) is 3.93. The van der Waals surface area contributed by atoms with Crippen molar-refractivity contribution in [2.24, 2.45) is 0 Å². The number of fused-ring (bicyclic) bond motifs is 4. The van der Waals surface area contributed by atoms with Crippen molar-refractivity contribution >= 4 is 34.8 Å². The molecule has 2 aromatic heterocycles. The standard InChI is InChI=1S/C45H48N8O7/c1-5-18-52(40(54)24-47-44(56)58-3)26-39-49-36-27-60-37-22-32(16-17-34(37)42(36)50-39)30-12-13-31-21-33(15-14-29(31)20-30)35-23-46-38(48-35)25-53(19-6-2)43(55)41(51-45(57)59-4)28-10-8-7-9-11-28/h7-17,20-23,41H,5-6,18-19,24-27H2,1-4H3,(H,46,48)(H,47,56)(H,49,50)(H,51,57). The summed E-state index contributed by atoms with van der Waals surface area (Å²) in [6.07, 6.45) is 1.90. The van der Waals surface area contributed by atoms with E-state index >= 15 is 0 Å². The van der Waals surface area contributed by atoms with Crippen molar-refractivity contribution in [3.05, 3.63) is 114 Å². The number of rotatable bonds is 15. The molecular weight excluding hydrogens is 765 g/mol. The number of nitrogens with zero attached hydrogens (tertiary/aromatic N) is 4. The quantitative estimate of drug-likeness (QED) is 0.0840. The smallest absolute Gasteiger partial charge is 0.407 e. The van der Waals surface area contributed by atoms with E-state index in [0.29, 0.717) is 36.9 Å². The van der Waals surface area contributed by atoms with Crippen LogP contribution in [0.3, 0.4) is 0 Å². The number of hydrogen-bond donors (Lipinski definition) is 4. The van der Waals surface area contributed by atoms with E-state index in [9.17, 15) is 19.2 Å². The second-order valence-electron chi connectivity index (χ2n) is 14.4. The molecule has 0 fully saturated rings. The number of carbonyl (C=O) groups excluding carboxylic acids is 4. The van der Waals surface area contributed by atoms with Crippen molar-refractivity contribution < 1.29 is 33.4 Å². The Morgan fingerprint density at radius 3 is 2.18 bits per heavy atom. The van der Waals surface area contributed by atoms with Crippen molar-refractivity contribution in [1.29, 1.82) is 0 Å². The minimum atomic E-state index is -0.909. The summed E-state index contributed by atoms with van der Waals surface area (Å²) in [5, 5.41) is 7.26. The van der Waals surface area contributed by atoms with Gasteiger partial charge in [0, 0.05) is 24.2 Å². The number of nitrogens with one attached hydrogen (secondary N) is 4. The van der Waals surface area contributed by atoms with E-state index in [1.165, 1.54) is 14.2 Å². The summed E-state index contributed by atoms with van der Waals surface area (Å²) in [5.41, 5.74) is 6.95. The van der Waals surface area contributed by atoms with E-state index in [-0.39, 0.29) is 31.4 Å². The van der Waals surface area contributed by atoms with Crippen LogP contribution < -0.4 is 15.4 Å². The Bertz CT molecular complexity index is 2500. The largest absolute Gasteiger partial charge is 0.487 e. The molecule has 0 spiro atoms. The van der Waals surface area contributed by atoms with Crippen LogP contribution in [-0.4, -0.2) is 87.6 Å². The summed E-state index contributed by atoms with van der Waals surface area (Å²) < 4.78 is 15.6. The van der Waals surface area contributed by atoms with Crippen LogP contribution in [0, 0.1) is 0 Å². The minimum absolute atomic E-state index is 0.164. The van der Waals surface area contributed by atoms with Crippen LogP contribution in [-0.2, 0) is 38.8 Å². The van der Waals surface area contributed by atoms with Gasteiger partial charge in [-0.3, -0.25) is 9.59 Å². The van der Waals surface area contributed by atoms with Crippen molar-refractivity contribution in [2.45, 2.75) is 52.4 Å². The van der Waals surface area contributed by atoms with Crippen LogP contribution in [0.5, 0.6) is 5.75 Å². The third-order valence-electron chi connectivity index (χ3n) is 10.3. The van der Waals surface area contributed by atoms with Crippen molar-refractivity contribution in [3.8, 4) is 39.4 Å². The van der Waals surface area contributed by atoms with Crippen molar-refractivity contribution in [2.75, 3.05) is 33.9 Å². The molecule has 0 saturated carbocycles. The van der Waals surface area contributed by atoms with E-state index in [0.717, 1.165) is 68.7 Å². The molecule has 15 nitrogen and oxygen atoms in total. The molecule has 0 bridgehead atoms. The molecule has 0 radical (unpaired) electrons. The molecule has 15 heteroatoms. The fourth-order valence-electron chi connectivity index (χ4n) is 7.30. The van der Waals surface area contributed by atoms with Crippen LogP contribution >= 0.6 is 0 Å². The molecule has 0 aliphatic carbocycles. The predicted molar refractivity (Wildman–Crippen MR) is 225 cm³/mol. The van der Waals surface area contributed by atoms with Crippen LogP contribution in [0.25, 0.3) is 44.4 Å². The molecule has 4 amide bonds. The molecule has 4 N–H and O–H groups in total. The second kappa shape index (κ2) is 18.6. The number of benzene rings is 4. The zero-order valence-electron chi connectivity index (χ0n) is 34.0. The van der Waals surface area contributed by atoms with E-state index < -0.39 is 18.2 Å². The Morgan fingerprint density at radius 1 is 0.783 bits per heavy atom. The van der Waals surface area contributed by atoms with Crippen LogP contribution in [0.4, 0.5) is 9.59 Å². The Hall–Kier alpha value is -7.16. The molecule has 4 aromatic carbocycles. The van der Waals surface area contributed by atoms with Gasteiger partial charge >= 0.3 is 12.2 Å². The van der Waals surface area contributed by atoms with Gasteiger partial charge in [-0.15, -0.1) is 0 Å². The number of methoxy groups -OCH3 is 2. The molecule has 7 rings (SSSR count). The van der Waals surface area contributed by atoms with Crippen LogP contribution in [0.15, 0.2) is 91.1 Å². The molecule has 1 unspecified atom stereocenters. The van der Waals surface area contributed by atoms with Gasteiger partial charge in [-0.05, 0) is 64.6 Å². The van der Waals surface area contributed by atoms with Gasteiger partial charge in [-0.25, -0.2) is 19.6 Å². The molecule has 60 heavy (non-hydrogen) atoms. The molecule has 1 aliphatic heterocycles. The molecular formula is C45H48N8O7. The van der Waals surface area contributed by atoms with Gasteiger partial charge < -0.3 is 44.6 Å². The third-order valence-corrected chi connectivity index (χ3v) is 10.3. The number of alkyl carbamates (subject to hydrolysis) is 2. The zero-order chi connectivity index (χ0) is 42.2. The lowest BCUT2D eigenvalue weighted by molar-refractivity contribution is -0.134. The highest BCUT2D eigenvalue weighted by Crippen LogP contribution is 2.39. The lowest BCUT2D eigenvalue weighted by Crippen LogP contribution is -2.43. The summed E-state index contributed by atoms with van der Waals surface area (Å²) in [6.45, 7) is 5.62. The van der Waals surface area contributed by atoms with Gasteiger partial charge in [-0.2, -0.15) is 0 Å². The fraction of sp³-hybridized carbons (Fsp3) is 0.289. The first-order valence-corrected chi connectivity index (χ1v) is 19.9. The van der Waals surface area contributed by atoms with E-state index in [1.807, 2.05) is 50.2 Å². The molecule has 3 heterocycles. The number of imidazole rings is 2. The number of aromatic nitrogens is 4. The topological polar surface area (TPSA) is 184 Å². The van der Waals surface area contributed by atoms with E-state index in [1.54, 1.807) is 28.1 Å². The highest BCUT2D eigenvalue weighted by molar-refractivity contribution is 5.91. The molecule has 1 aliphatic rings. The summed E-state index contributed by atoms with van der Waals surface area (Å²) in [7, 11) is 2.53. The highest BCUT2D eigenvalue weighted by Gasteiger charge is 2.29. The third kappa shape index (κ3) is 9.25. The lowest BCUT2D eigenvalue weighted by atomic mass is 9.97. The van der Waals surface area contributed by atoms with Crippen molar-refractivity contribution in [1.82, 2.24) is 40.4 Å². The maximum absolute atomic E-state index is 13.9. The van der Waals surface area contributed by atoms with Gasteiger partial charge in [0.25, 0.3) is 0 Å². The van der Waals surface area contributed by atoms with Gasteiger partial charge in [0.15, 0.2) is 0 Å². The first kappa shape index (κ1) is 41.0. The number of carbonyl (C=O) groups is 4. The highest BCUT2D eigenvalue weighted by atomic mass is 16.5. The minimum Gasteiger partial charge on any atom is -0.487 e. The van der Waals surface area contributed by atoms with Gasteiger partial charge in [-0.1, -0.05) is 74.5 Å². The SMILES string of the molecule is CCCN(Cc1nc2c([nH]1)COc1cc(-c3ccc4cc(-c5cnc(CN(CCC)C(=O)C(NC(=O)OC)c6ccccc6)[nH]5)ccc4c3)ccc1-2)C(=O)CNC(=O)OC. The number of H-pyrrole nitrogens is 2. The van der Waals surface area contributed by atoms with E-state index in [2.05, 4.69) is 66.7 Å². The summed E-state index contributed by atoms with van der Waals surface area (Å²) in [6, 6.07) is 26.8. The maximum Gasteiger partial charge on any atom is 0.407 e. The van der Waals surface area contributed by atoms with Gasteiger partial charge in [0.1, 0.15) is 36.6 Å². The Morgan fingerprint density at radius 2 is 1.45 bits per heavy atom. The van der Waals surface area contributed by atoms with Gasteiger partial charge in [0.2, 0.25) is 11.8 Å². The first-order chi connectivity index (χ1) is 29.2. The fourth-order valence-corrected chi connectivity index (χ4v) is 7.30. The normalized spacial score (nSPS) is 12.1. The van der Waals surface area contributed by atoms with Crippen LogP contribution in [0.2, 0.25) is 0 Å². The monoisotopic (exact) mass is 812 g/mol. The number of aromatic amines is 2. The Labute approximate surface area is 347 Å². The van der Waals surface area contributed by atoms with E-state index in [4.69, 9.17) is 14.5 Å². The average molecular weight is 813 g/mol. The van der Waals surface area contributed by atoms with Crippen LogP contribution in [0.1, 0.15) is 55.6 Å². The second-order valence-corrected chi connectivity index (χ2v) is 14.4. The molecule has 310 valence electrons. The Balaban J connectivity index is 1.04. The molecule has 0 saturated heterocycles. The number of ether oxygens (including phenoxy) is 3. The number of hydrogen-bond acceptors (Lipinski definition) is 9. The molecule has 1 atom stereocenters. The lowest BCUT2D eigenvalue weighted by Gasteiger charge is -2.27. The summed E-state index contributed by atoms with van der Waals surface area (Å²) in [4.78, 5) is 70.0. The zero-order valence-corrected chi connectivity index (χ0v) is 34.0. The summed E-state index contributed by atoms with van der Waals surface area (Å²) >= 11 is 0. The first-order valence-electron chi connectivity index (χ1n) is 19.9. The van der Waals surface area contributed by atoms with Crippen molar-refractivity contribution in [3.63, 3.8) is 0 Å². The van der Waals surface area contributed by atoms with Gasteiger partial charge in [0.05, 0.1) is 50.6 Å². The summed E-state index contributed by atoms with van der Waals surface area (Å²) in [5.74, 6) is 1.49. The molecule has 6 aromatic rings. The Kier molecular flexibility index (Phi) is 12.7.